The number of carboxylic acids is 1. The summed E-state index contributed by atoms with van der Waals surface area (Å²) in [6, 6.07) is -0.926. The van der Waals surface area contributed by atoms with Crippen molar-refractivity contribution in [2.24, 2.45) is 11.8 Å². The van der Waals surface area contributed by atoms with Crippen molar-refractivity contribution in [2.75, 3.05) is 13.1 Å². The predicted molar refractivity (Wildman–Crippen MR) is 78.5 cm³/mol. The fourth-order valence-corrected chi connectivity index (χ4v) is 2.40. The molecule has 1 rings (SSSR count). The molecule has 118 valence electrons. The fraction of sp³-hybridized carbons (Fsp3) is 0.667. The topological polar surface area (TPSA) is 86.7 Å². The Labute approximate surface area is 125 Å². The number of carbonyl (C=O) groups is 3. The highest BCUT2D eigenvalue weighted by Crippen LogP contribution is 2.19. The molecule has 1 saturated heterocycles. The number of carboxylic acid groups (broad SMARTS) is 1. The Bertz CT molecular complexity index is 412. The van der Waals surface area contributed by atoms with E-state index in [1.54, 1.807) is 4.90 Å². The van der Waals surface area contributed by atoms with Crippen LogP contribution in [0, 0.1) is 11.8 Å². The minimum atomic E-state index is -1.06. The van der Waals surface area contributed by atoms with Gasteiger partial charge in [-0.1, -0.05) is 19.9 Å². The first-order chi connectivity index (χ1) is 9.86. The lowest BCUT2D eigenvalue weighted by atomic mass is 9.94. The SMILES string of the molecule is C=CCC(NC(=O)C1CCN(C(=O)C(C)C)CC1)C(=O)O. The highest BCUT2D eigenvalue weighted by molar-refractivity contribution is 5.85. The molecule has 1 fully saturated rings. The number of piperidine rings is 1. The molecular weight excluding hydrogens is 272 g/mol. The van der Waals surface area contributed by atoms with Gasteiger partial charge in [0.05, 0.1) is 0 Å². The van der Waals surface area contributed by atoms with Gasteiger partial charge in [-0.3, -0.25) is 9.59 Å². The summed E-state index contributed by atoms with van der Waals surface area (Å²) in [5, 5.41) is 11.6. The number of likely N-dealkylation sites (tertiary alicyclic amines) is 1. The van der Waals surface area contributed by atoms with E-state index in [0.29, 0.717) is 25.9 Å². The monoisotopic (exact) mass is 296 g/mol. The highest BCUT2D eigenvalue weighted by atomic mass is 16.4. The summed E-state index contributed by atoms with van der Waals surface area (Å²) in [6.45, 7) is 8.30. The average Bonchev–Trinajstić information content (AvgIpc) is 2.45. The molecule has 1 atom stereocenters. The molecule has 1 unspecified atom stereocenters. The Balaban J connectivity index is 2.50. The number of aliphatic carboxylic acids is 1. The van der Waals surface area contributed by atoms with Gasteiger partial charge >= 0.3 is 5.97 Å². The van der Waals surface area contributed by atoms with Gasteiger partial charge in [-0.25, -0.2) is 4.79 Å². The standard InChI is InChI=1S/C15H24N2O4/c1-4-5-12(15(20)21)16-13(18)11-6-8-17(9-7-11)14(19)10(2)3/h4,10-12H,1,5-9H2,2-3H3,(H,16,18)(H,20,21). The van der Waals surface area contributed by atoms with Gasteiger partial charge in [-0.05, 0) is 19.3 Å². The third-order valence-corrected chi connectivity index (χ3v) is 3.69. The Kier molecular flexibility index (Phi) is 6.39. The van der Waals surface area contributed by atoms with Crippen LogP contribution in [0.1, 0.15) is 33.1 Å². The molecule has 1 aliphatic heterocycles. The maximum atomic E-state index is 12.1. The lowest BCUT2D eigenvalue weighted by molar-refractivity contribution is -0.143. The molecule has 0 saturated carbocycles. The second-order valence-electron chi connectivity index (χ2n) is 5.68. The third-order valence-electron chi connectivity index (χ3n) is 3.69. The number of amides is 2. The molecule has 0 bridgehead atoms. The van der Waals surface area contributed by atoms with Crippen molar-refractivity contribution in [3.8, 4) is 0 Å². The molecule has 6 nitrogen and oxygen atoms in total. The maximum Gasteiger partial charge on any atom is 0.326 e. The number of nitrogens with one attached hydrogen (secondary N) is 1. The Morgan fingerprint density at radius 3 is 2.33 bits per heavy atom. The van der Waals surface area contributed by atoms with E-state index in [1.807, 2.05) is 13.8 Å². The van der Waals surface area contributed by atoms with Crippen LogP contribution in [-0.4, -0.2) is 46.9 Å². The molecule has 2 N–H and O–H groups in total. The van der Waals surface area contributed by atoms with E-state index in [-0.39, 0.29) is 30.1 Å². The fourth-order valence-electron chi connectivity index (χ4n) is 2.40. The molecular formula is C15H24N2O4. The van der Waals surface area contributed by atoms with Crippen LogP contribution in [0.15, 0.2) is 12.7 Å². The Morgan fingerprint density at radius 1 is 1.33 bits per heavy atom. The summed E-state index contributed by atoms with van der Waals surface area (Å²) in [5.41, 5.74) is 0. The highest BCUT2D eigenvalue weighted by Gasteiger charge is 2.30. The van der Waals surface area contributed by atoms with Gasteiger partial charge in [0.1, 0.15) is 6.04 Å². The molecule has 0 spiro atoms. The summed E-state index contributed by atoms with van der Waals surface area (Å²) in [4.78, 5) is 36.7. The quantitative estimate of drug-likeness (QED) is 0.717. The maximum absolute atomic E-state index is 12.1. The zero-order chi connectivity index (χ0) is 16.0. The molecule has 21 heavy (non-hydrogen) atoms. The van der Waals surface area contributed by atoms with E-state index in [4.69, 9.17) is 5.11 Å². The van der Waals surface area contributed by atoms with Gasteiger partial charge in [0.15, 0.2) is 0 Å². The zero-order valence-electron chi connectivity index (χ0n) is 12.7. The molecule has 0 radical (unpaired) electrons. The van der Waals surface area contributed by atoms with E-state index in [9.17, 15) is 14.4 Å². The second-order valence-corrected chi connectivity index (χ2v) is 5.68. The van der Waals surface area contributed by atoms with Crippen LogP contribution < -0.4 is 5.32 Å². The van der Waals surface area contributed by atoms with Crippen molar-refractivity contribution in [3.63, 3.8) is 0 Å². The van der Waals surface area contributed by atoms with Crippen LogP contribution in [0.3, 0.4) is 0 Å². The minimum absolute atomic E-state index is 0.0423. The van der Waals surface area contributed by atoms with Crippen molar-refractivity contribution in [2.45, 2.75) is 39.2 Å². The van der Waals surface area contributed by atoms with Crippen LogP contribution in [0.25, 0.3) is 0 Å². The van der Waals surface area contributed by atoms with Gasteiger partial charge in [0.25, 0.3) is 0 Å². The summed E-state index contributed by atoms with van der Waals surface area (Å²) in [6.07, 6.45) is 2.82. The number of hydrogen-bond donors (Lipinski definition) is 2. The summed E-state index contributed by atoms with van der Waals surface area (Å²) in [5.74, 6) is -1.48. The molecule has 6 heteroatoms. The third kappa shape index (κ3) is 4.88. The Morgan fingerprint density at radius 2 is 1.90 bits per heavy atom. The first-order valence-corrected chi connectivity index (χ1v) is 7.29. The number of rotatable bonds is 6. The summed E-state index contributed by atoms with van der Waals surface area (Å²) in [7, 11) is 0. The molecule has 0 aromatic carbocycles. The first-order valence-electron chi connectivity index (χ1n) is 7.29. The molecule has 0 aromatic heterocycles. The lowest BCUT2D eigenvalue weighted by Gasteiger charge is -2.32. The van der Waals surface area contributed by atoms with Crippen LogP contribution in [0.2, 0.25) is 0 Å². The van der Waals surface area contributed by atoms with Gasteiger partial charge in [0.2, 0.25) is 11.8 Å². The molecule has 0 aliphatic carbocycles. The number of carbonyl (C=O) groups excluding carboxylic acids is 2. The van der Waals surface area contributed by atoms with Crippen LogP contribution in [-0.2, 0) is 14.4 Å². The van der Waals surface area contributed by atoms with Gasteiger partial charge in [0, 0.05) is 24.9 Å². The largest absolute Gasteiger partial charge is 0.480 e. The van der Waals surface area contributed by atoms with Crippen molar-refractivity contribution < 1.29 is 19.5 Å². The molecule has 0 aromatic rings. The van der Waals surface area contributed by atoms with Crippen LogP contribution in [0.4, 0.5) is 0 Å². The number of nitrogens with zero attached hydrogens (tertiary/aromatic N) is 1. The van der Waals surface area contributed by atoms with Crippen molar-refractivity contribution in [1.82, 2.24) is 10.2 Å². The zero-order valence-corrected chi connectivity index (χ0v) is 12.7. The van der Waals surface area contributed by atoms with Crippen LogP contribution >= 0.6 is 0 Å². The summed E-state index contributed by atoms with van der Waals surface area (Å²) >= 11 is 0. The lowest BCUT2D eigenvalue weighted by Crippen LogP contribution is -2.47. The van der Waals surface area contributed by atoms with E-state index >= 15 is 0 Å². The predicted octanol–water partition coefficient (Wildman–Crippen LogP) is 1.03. The molecule has 1 heterocycles. The minimum Gasteiger partial charge on any atom is -0.480 e. The second kappa shape index (κ2) is 7.81. The summed E-state index contributed by atoms with van der Waals surface area (Å²) < 4.78 is 0. The van der Waals surface area contributed by atoms with E-state index in [2.05, 4.69) is 11.9 Å². The van der Waals surface area contributed by atoms with Gasteiger partial charge in [-0.2, -0.15) is 0 Å². The molecule has 1 aliphatic rings. The van der Waals surface area contributed by atoms with E-state index in [0.717, 1.165) is 0 Å². The smallest absolute Gasteiger partial charge is 0.326 e. The van der Waals surface area contributed by atoms with Crippen LogP contribution in [0.5, 0.6) is 0 Å². The van der Waals surface area contributed by atoms with E-state index in [1.165, 1.54) is 6.08 Å². The van der Waals surface area contributed by atoms with Crippen molar-refractivity contribution in [1.29, 1.82) is 0 Å². The normalized spacial score (nSPS) is 17.4. The van der Waals surface area contributed by atoms with E-state index < -0.39 is 12.0 Å². The molecule has 2 amide bonds. The van der Waals surface area contributed by atoms with Gasteiger partial charge in [-0.15, -0.1) is 6.58 Å². The number of hydrogen-bond acceptors (Lipinski definition) is 3. The average molecular weight is 296 g/mol. The van der Waals surface area contributed by atoms with Crippen molar-refractivity contribution >= 4 is 17.8 Å². The first kappa shape index (κ1) is 17.2. The Hall–Kier alpha value is -1.85. The van der Waals surface area contributed by atoms with Crippen molar-refractivity contribution in [3.05, 3.63) is 12.7 Å². The van der Waals surface area contributed by atoms with Gasteiger partial charge < -0.3 is 15.3 Å².